The number of para-hydroxylation sites is 1. The Kier molecular flexibility index (Phi) is 6.75. The number of hydrogen-bond donors (Lipinski definition) is 1. The third-order valence-electron chi connectivity index (χ3n) is 5.63. The fraction of sp³-hybridized carbons (Fsp3) is 0.308. The smallest absolute Gasteiger partial charge is 0.220 e. The van der Waals surface area contributed by atoms with Crippen LogP contribution in [0.3, 0.4) is 0 Å². The summed E-state index contributed by atoms with van der Waals surface area (Å²) in [6.45, 7) is 0.736. The summed E-state index contributed by atoms with van der Waals surface area (Å²) >= 11 is 0. The van der Waals surface area contributed by atoms with Gasteiger partial charge in [-0.05, 0) is 56.2 Å². The summed E-state index contributed by atoms with van der Waals surface area (Å²) in [5.74, 6) is 0.109. The fourth-order valence-corrected chi connectivity index (χ4v) is 3.98. The van der Waals surface area contributed by atoms with Gasteiger partial charge >= 0.3 is 0 Å². The maximum Gasteiger partial charge on any atom is 0.220 e. The van der Waals surface area contributed by atoms with Crippen LogP contribution in [0.2, 0.25) is 0 Å². The van der Waals surface area contributed by atoms with Gasteiger partial charge in [-0.2, -0.15) is 5.10 Å². The number of amides is 1. The standard InChI is InChI=1S/C26H29N3O/c30-25(27-19-18-21-10-4-1-5-11-21)17-16-23-20-29(24-14-8-3-9-15-24)28-26(23)22-12-6-2-7-13-22/h2-3,6-10,12-15,20H,1,4-5,11,16-19H2,(H,27,30). The Morgan fingerprint density at radius 2 is 1.73 bits per heavy atom. The van der Waals surface area contributed by atoms with E-state index in [9.17, 15) is 4.79 Å². The van der Waals surface area contributed by atoms with Gasteiger partial charge in [-0.15, -0.1) is 0 Å². The zero-order chi connectivity index (χ0) is 20.6. The van der Waals surface area contributed by atoms with Crippen molar-refractivity contribution in [3.63, 3.8) is 0 Å². The minimum Gasteiger partial charge on any atom is -0.356 e. The minimum atomic E-state index is 0.109. The number of aryl methyl sites for hydroxylation is 1. The highest BCUT2D eigenvalue weighted by Gasteiger charge is 2.14. The molecular formula is C26H29N3O. The number of benzene rings is 2. The quantitative estimate of drug-likeness (QED) is 0.510. The second kappa shape index (κ2) is 10.1. The minimum absolute atomic E-state index is 0.109. The Morgan fingerprint density at radius 3 is 2.47 bits per heavy atom. The van der Waals surface area contributed by atoms with Gasteiger partial charge in [-0.3, -0.25) is 4.79 Å². The second-order valence-corrected chi connectivity index (χ2v) is 7.86. The van der Waals surface area contributed by atoms with Gasteiger partial charge in [0.25, 0.3) is 0 Å². The highest BCUT2D eigenvalue weighted by atomic mass is 16.1. The van der Waals surface area contributed by atoms with Crippen LogP contribution in [0.5, 0.6) is 0 Å². The van der Waals surface area contributed by atoms with Crippen LogP contribution in [-0.2, 0) is 11.2 Å². The van der Waals surface area contributed by atoms with E-state index in [1.54, 1.807) is 0 Å². The van der Waals surface area contributed by atoms with E-state index in [4.69, 9.17) is 5.10 Å². The molecule has 0 bridgehead atoms. The molecule has 1 aliphatic rings. The number of hydrogen-bond acceptors (Lipinski definition) is 2. The molecule has 154 valence electrons. The van der Waals surface area contributed by atoms with Gasteiger partial charge in [0.2, 0.25) is 5.91 Å². The van der Waals surface area contributed by atoms with Gasteiger partial charge in [0.1, 0.15) is 0 Å². The van der Waals surface area contributed by atoms with Crippen LogP contribution >= 0.6 is 0 Å². The van der Waals surface area contributed by atoms with Crippen molar-refractivity contribution in [3.8, 4) is 16.9 Å². The van der Waals surface area contributed by atoms with Crippen molar-refractivity contribution in [3.05, 3.63) is 84.1 Å². The summed E-state index contributed by atoms with van der Waals surface area (Å²) in [6.07, 6.45) is 11.5. The molecule has 30 heavy (non-hydrogen) atoms. The van der Waals surface area contributed by atoms with Crippen LogP contribution in [0.1, 0.15) is 44.1 Å². The molecular weight excluding hydrogens is 370 g/mol. The fourth-order valence-electron chi connectivity index (χ4n) is 3.98. The molecule has 1 amide bonds. The topological polar surface area (TPSA) is 46.9 Å². The van der Waals surface area contributed by atoms with Crippen LogP contribution in [0, 0.1) is 0 Å². The maximum atomic E-state index is 12.4. The number of carbonyl (C=O) groups excluding carboxylic acids is 1. The van der Waals surface area contributed by atoms with Gasteiger partial charge in [-0.25, -0.2) is 4.68 Å². The summed E-state index contributed by atoms with van der Waals surface area (Å²) in [5, 5.41) is 7.92. The first kappa shape index (κ1) is 20.1. The SMILES string of the molecule is O=C(CCc1cn(-c2ccccc2)nc1-c1ccccc1)NCCC1=CCCCC1. The van der Waals surface area contributed by atoms with Crippen molar-refractivity contribution in [2.24, 2.45) is 0 Å². The first-order valence-corrected chi connectivity index (χ1v) is 10.9. The van der Waals surface area contributed by atoms with Gasteiger partial charge < -0.3 is 5.32 Å². The summed E-state index contributed by atoms with van der Waals surface area (Å²) in [5.41, 5.74) is 5.63. The zero-order valence-electron chi connectivity index (χ0n) is 17.4. The van der Waals surface area contributed by atoms with E-state index in [-0.39, 0.29) is 5.91 Å². The van der Waals surface area contributed by atoms with Crippen LogP contribution in [-0.4, -0.2) is 22.2 Å². The highest BCUT2D eigenvalue weighted by molar-refractivity contribution is 5.76. The summed E-state index contributed by atoms with van der Waals surface area (Å²) < 4.78 is 1.91. The Morgan fingerprint density at radius 1 is 0.967 bits per heavy atom. The molecule has 3 aromatic rings. The lowest BCUT2D eigenvalue weighted by Crippen LogP contribution is -2.25. The summed E-state index contributed by atoms with van der Waals surface area (Å²) in [6, 6.07) is 20.3. The molecule has 4 heteroatoms. The molecule has 0 atom stereocenters. The first-order chi connectivity index (χ1) is 14.8. The summed E-state index contributed by atoms with van der Waals surface area (Å²) in [4.78, 5) is 12.4. The molecule has 1 aliphatic carbocycles. The Balaban J connectivity index is 1.41. The number of nitrogens with one attached hydrogen (secondary N) is 1. The molecule has 0 saturated heterocycles. The molecule has 1 aromatic heterocycles. The molecule has 0 aliphatic heterocycles. The average Bonchev–Trinajstić information content (AvgIpc) is 3.24. The number of aromatic nitrogens is 2. The molecule has 0 radical (unpaired) electrons. The van der Waals surface area contributed by atoms with E-state index < -0.39 is 0 Å². The molecule has 0 saturated carbocycles. The lowest BCUT2D eigenvalue weighted by atomic mass is 9.97. The van der Waals surface area contributed by atoms with Gasteiger partial charge in [0.05, 0.1) is 11.4 Å². The van der Waals surface area contributed by atoms with Gasteiger partial charge in [-0.1, -0.05) is 60.2 Å². The third kappa shape index (κ3) is 5.26. The molecule has 4 rings (SSSR count). The molecule has 2 aromatic carbocycles. The van der Waals surface area contributed by atoms with Crippen LogP contribution < -0.4 is 5.32 Å². The Hall–Kier alpha value is -3.14. The van der Waals surface area contributed by atoms with Crippen molar-refractivity contribution in [2.45, 2.75) is 44.9 Å². The van der Waals surface area contributed by atoms with Crippen LogP contribution in [0.25, 0.3) is 16.9 Å². The number of allylic oxidation sites excluding steroid dienone is 1. The lowest BCUT2D eigenvalue weighted by Gasteiger charge is -2.12. The van der Waals surface area contributed by atoms with Crippen molar-refractivity contribution in [1.29, 1.82) is 0 Å². The molecule has 0 spiro atoms. The largest absolute Gasteiger partial charge is 0.356 e. The van der Waals surface area contributed by atoms with E-state index in [1.165, 1.54) is 31.3 Å². The number of nitrogens with zero attached hydrogens (tertiary/aromatic N) is 2. The van der Waals surface area contributed by atoms with Crippen molar-refractivity contribution >= 4 is 5.91 Å². The van der Waals surface area contributed by atoms with Crippen molar-refractivity contribution < 1.29 is 4.79 Å². The van der Waals surface area contributed by atoms with Crippen LogP contribution in [0.4, 0.5) is 0 Å². The lowest BCUT2D eigenvalue weighted by molar-refractivity contribution is -0.121. The predicted molar refractivity (Wildman–Crippen MR) is 121 cm³/mol. The van der Waals surface area contributed by atoms with Crippen molar-refractivity contribution in [1.82, 2.24) is 15.1 Å². The van der Waals surface area contributed by atoms with Gasteiger partial charge in [0, 0.05) is 24.7 Å². The predicted octanol–water partition coefficient (Wildman–Crippen LogP) is 5.48. The number of rotatable bonds is 8. The Labute approximate surface area is 178 Å². The monoisotopic (exact) mass is 399 g/mol. The average molecular weight is 400 g/mol. The van der Waals surface area contributed by atoms with E-state index in [0.717, 1.165) is 35.5 Å². The molecule has 1 heterocycles. The zero-order valence-corrected chi connectivity index (χ0v) is 17.4. The first-order valence-electron chi connectivity index (χ1n) is 10.9. The molecule has 1 N–H and O–H groups in total. The number of carbonyl (C=O) groups is 1. The molecule has 4 nitrogen and oxygen atoms in total. The van der Waals surface area contributed by atoms with E-state index in [0.29, 0.717) is 12.8 Å². The van der Waals surface area contributed by atoms with E-state index >= 15 is 0 Å². The highest BCUT2D eigenvalue weighted by Crippen LogP contribution is 2.25. The van der Waals surface area contributed by atoms with Gasteiger partial charge in [0.15, 0.2) is 0 Å². The Bertz CT molecular complexity index is 990. The van der Waals surface area contributed by atoms with E-state index in [2.05, 4.69) is 29.7 Å². The second-order valence-electron chi connectivity index (χ2n) is 7.86. The summed E-state index contributed by atoms with van der Waals surface area (Å²) in [7, 11) is 0. The maximum absolute atomic E-state index is 12.4. The third-order valence-corrected chi connectivity index (χ3v) is 5.63. The van der Waals surface area contributed by atoms with Crippen molar-refractivity contribution in [2.75, 3.05) is 6.54 Å². The van der Waals surface area contributed by atoms with E-state index in [1.807, 2.05) is 53.2 Å². The molecule has 0 fully saturated rings. The normalized spacial score (nSPS) is 13.7. The molecule has 0 unspecified atom stereocenters. The van der Waals surface area contributed by atoms with Crippen LogP contribution in [0.15, 0.2) is 78.5 Å².